The second-order valence-electron chi connectivity index (χ2n) is 3.85. The molecule has 2 heteroatoms. The highest BCUT2D eigenvalue weighted by Gasteiger charge is 2.10. The van der Waals surface area contributed by atoms with Crippen molar-refractivity contribution in [1.29, 1.82) is 0 Å². The molecule has 2 nitrogen and oxygen atoms in total. The second-order valence-corrected chi connectivity index (χ2v) is 3.85. The van der Waals surface area contributed by atoms with E-state index in [1.165, 1.54) is 11.1 Å². The standard InChI is InChI=1S/C11H18N2/c1-10(2)7-12-5-6-13(9-12)8-11(3)4/h5-6H,1,3,7-9H2,2,4H3. The van der Waals surface area contributed by atoms with Gasteiger partial charge in [-0.2, -0.15) is 0 Å². The van der Waals surface area contributed by atoms with Crippen LogP contribution >= 0.6 is 0 Å². The fourth-order valence-electron chi connectivity index (χ4n) is 1.41. The zero-order valence-electron chi connectivity index (χ0n) is 8.58. The summed E-state index contributed by atoms with van der Waals surface area (Å²) in [5.74, 6) is 0. The van der Waals surface area contributed by atoms with Crippen molar-refractivity contribution < 1.29 is 0 Å². The van der Waals surface area contributed by atoms with E-state index in [9.17, 15) is 0 Å². The van der Waals surface area contributed by atoms with Crippen molar-refractivity contribution in [2.24, 2.45) is 0 Å². The highest BCUT2D eigenvalue weighted by Crippen LogP contribution is 2.09. The predicted octanol–water partition coefficient (Wildman–Crippen LogP) is 2.18. The molecule has 13 heavy (non-hydrogen) atoms. The molecule has 0 bridgehead atoms. The van der Waals surface area contributed by atoms with E-state index in [0.717, 1.165) is 19.8 Å². The summed E-state index contributed by atoms with van der Waals surface area (Å²) in [6.45, 7) is 14.7. The zero-order chi connectivity index (χ0) is 9.84. The van der Waals surface area contributed by atoms with Crippen LogP contribution in [-0.4, -0.2) is 29.6 Å². The van der Waals surface area contributed by atoms with Gasteiger partial charge in [0.15, 0.2) is 0 Å². The summed E-state index contributed by atoms with van der Waals surface area (Å²) in [5.41, 5.74) is 2.39. The summed E-state index contributed by atoms with van der Waals surface area (Å²) in [7, 11) is 0. The molecular weight excluding hydrogens is 160 g/mol. The molecule has 0 N–H and O–H groups in total. The minimum Gasteiger partial charge on any atom is -0.355 e. The Labute approximate surface area is 80.8 Å². The van der Waals surface area contributed by atoms with Crippen LogP contribution in [0, 0.1) is 0 Å². The number of nitrogens with zero attached hydrogens (tertiary/aromatic N) is 2. The third-order valence-electron chi connectivity index (χ3n) is 1.80. The van der Waals surface area contributed by atoms with Crippen molar-refractivity contribution in [3.8, 4) is 0 Å². The van der Waals surface area contributed by atoms with Gasteiger partial charge in [-0.15, -0.1) is 0 Å². The smallest absolute Gasteiger partial charge is 0.0900 e. The SMILES string of the molecule is C=C(C)CN1C=CN(CC(=C)C)C1. The van der Waals surface area contributed by atoms with Gasteiger partial charge in [-0.1, -0.05) is 24.3 Å². The maximum Gasteiger partial charge on any atom is 0.0900 e. The minimum absolute atomic E-state index is 0.948. The van der Waals surface area contributed by atoms with E-state index in [1.54, 1.807) is 0 Å². The summed E-state index contributed by atoms with van der Waals surface area (Å²) in [6.07, 6.45) is 4.22. The predicted molar refractivity (Wildman–Crippen MR) is 57.0 cm³/mol. The van der Waals surface area contributed by atoms with E-state index in [0.29, 0.717) is 0 Å². The Bertz CT molecular complexity index is 216. The molecule has 0 fully saturated rings. The van der Waals surface area contributed by atoms with Gasteiger partial charge in [0, 0.05) is 25.5 Å². The normalized spacial score (nSPS) is 15.2. The Balaban J connectivity index is 2.33. The summed E-state index contributed by atoms with van der Waals surface area (Å²) in [5, 5.41) is 0. The summed E-state index contributed by atoms with van der Waals surface area (Å²) < 4.78 is 0. The van der Waals surface area contributed by atoms with Gasteiger partial charge in [0.1, 0.15) is 0 Å². The Kier molecular flexibility index (Phi) is 3.18. The van der Waals surface area contributed by atoms with E-state index >= 15 is 0 Å². The second kappa shape index (κ2) is 4.17. The molecule has 0 saturated heterocycles. The lowest BCUT2D eigenvalue weighted by molar-refractivity contribution is 0.292. The van der Waals surface area contributed by atoms with E-state index in [1.807, 2.05) is 0 Å². The molecule has 1 aliphatic heterocycles. The molecule has 0 aliphatic carbocycles. The molecule has 0 aromatic carbocycles. The van der Waals surface area contributed by atoms with Crippen molar-refractivity contribution >= 4 is 0 Å². The van der Waals surface area contributed by atoms with Gasteiger partial charge >= 0.3 is 0 Å². The molecule has 1 rings (SSSR count). The first kappa shape index (κ1) is 9.90. The first-order chi connectivity index (χ1) is 6.08. The van der Waals surface area contributed by atoms with Crippen LogP contribution in [0.3, 0.4) is 0 Å². The molecule has 72 valence electrons. The van der Waals surface area contributed by atoms with Gasteiger partial charge < -0.3 is 9.80 Å². The van der Waals surface area contributed by atoms with Crippen molar-refractivity contribution in [3.05, 3.63) is 36.7 Å². The van der Waals surface area contributed by atoms with Crippen molar-refractivity contribution in [2.45, 2.75) is 13.8 Å². The van der Waals surface area contributed by atoms with E-state index in [4.69, 9.17) is 0 Å². The molecule has 1 aliphatic rings. The van der Waals surface area contributed by atoms with Crippen LogP contribution in [0.2, 0.25) is 0 Å². The highest BCUT2D eigenvalue weighted by molar-refractivity contribution is 5.02. The molecule has 0 unspecified atom stereocenters. The maximum atomic E-state index is 3.89. The van der Waals surface area contributed by atoms with Crippen LogP contribution in [0.25, 0.3) is 0 Å². The average molecular weight is 178 g/mol. The van der Waals surface area contributed by atoms with Crippen LogP contribution in [0.5, 0.6) is 0 Å². The molecule has 0 amide bonds. The van der Waals surface area contributed by atoms with Crippen LogP contribution < -0.4 is 0 Å². The van der Waals surface area contributed by atoms with Crippen molar-refractivity contribution in [1.82, 2.24) is 9.80 Å². The van der Waals surface area contributed by atoms with Gasteiger partial charge in [0.05, 0.1) is 6.67 Å². The largest absolute Gasteiger partial charge is 0.355 e. The molecule has 0 aromatic rings. The third-order valence-corrected chi connectivity index (χ3v) is 1.80. The fourth-order valence-corrected chi connectivity index (χ4v) is 1.41. The minimum atomic E-state index is 0.948. The van der Waals surface area contributed by atoms with E-state index < -0.39 is 0 Å². The van der Waals surface area contributed by atoms with E-state index in [2.05, 4.69) is 49.2 Å². The Hall–Kier alpha value is -1.18. The molecule has 0 aromatic heterocycles. The van der Waals surface area contributed by atoms with Gasteiger partial charge in [-0.05, 0) is 13.8 Å². The lowest BCUT2D eigenvalue weighted by atomic mass is 10.3. The number of rotatable bonds is 4. The van der Waals surface area contributed by atoms with Gasteiger partial charge in [-0.25, -0.2) is 0 Å². The van der Waals surface area contributed by atoms with Crippen molar-refractivity contribution in [2.75, 3.05) is 19.8 Å². The Morgan fingerprint density at radius 3 is 1.77 bits per heavy atom. The monoisotopic (exact) mass is 178 g/mol. The summed E-state index contributed by atoms with van der Waals surface area (Å²) in [6, 6.07) is 0. The third kappa shape index (κ3) is 3.36. The maximum absolute atomic E-state index is 3.89. The average Bonchev–Trinajstić information content (AvgIpc) is 2.33. The Morgan fingerprint density at radius 2 is 1.46 bits per heavy atom. The summed E-state index contributed by atoms with van der Waals surface area (Å²) >= 11 is 0. The van der Waals surface area contributed by atoms with Crippen LogP contribution in [0.15, 0.2) is 36.7 Å². The first-order valence-electron chi connectivity index (χ1n) is 4.53. The van der Waals surface area contributed by atoms with Crippen LogP contribution in [-0.2, 0) is 0 Å². The van der Waals surface area contributed by atoms with Gasteiger partial charge in [0.2, 0.25) is 0 Å². The molecule has 0 saturated carbocycles. The molecule has 0 atom stereocenters. The molecular formula is C11H18N2. The summed E-state index contributed by atoms with van der Waals surface area (Å²) in [4.78, 5) is 4.48. The van der Waals surface area contributed by atoms with E-state index in [-0.39, 0.29) is 0 Å². The fraction of sp³-hybridized carbons (Fsp3) is 0.455. The molecule has 0 spiro atoms. The highest BCUT2D eigenvalue weighted by atomic mass is 15.3. The number of hydrogen-bond donors (Lipinski definition) is 0. The lowest BCUT2D eigenvalue weighted by Gasteiger charge is -2.21. The van der Waals surface area contributed by atoms with Crippen molar-refractivity contribution in [3.63, 3.8) is 0 Å². The van der Waals surface area contributed by atoms with Crippen LogP contribution in [0.4, 0.5) is 0 Å². The molecule has 0 radical (unpaired) electrons. The Morgan fingerprint density at radius 1 is 1.08 bits per heavy atom. The van der Waals surface area contributed by atoms with Crippen LogP contribution in [0.1, 0.15) is 13.8 Å². The first-order valence-corrected chi connectivity index (χ1v) is 4.53. The lowest BCUT2D eigenvalue weighted by Crippen LogP contribution is -2.27. The zero-order valence-corrected chi connectivity index (χ0v) is 8.58. The molecule has 1 heterocycles. The quantitative estimate of drug-likeness (QED) is 0.609. The van der Waals surface area contributed by atoms with Gasteiger partial charge in [0.25, 0.3) is 0 Å². The number of hydrogen-bond acceptors (Lipinski definition) is 2. The topological polar surface area (TPSA) is 6.48 Å². The van der Waals surface area contributed by atoms with Gasteiger partial charge in [-0.3, -0.25) is 0 Å².